The number of rotatable bonds is 20. The number of hydrogen-bond donors (Lipinski definition) is 8. The number of benzene rings is 4. The van der Waals surface area contributed by atoms with Crippen LogP contribution < -0.4 is 33.6 Å². The first-order chi connectivity index (χ1) is 25.3. The summed E-state index contributed by atoms with van der Waals surface area (Å²) in [4.78, 5) is 53.4. The van der Waals surface area contributed by atoms with Crippen LogP contribution in [0.3, 0.4) is 0 Å². The molecule has 12 nitrogen and oxygen atoms in total. The second kappa shape index (κ2) is 19.0. The van der Waals surface area contributed by atoms with E-state index in [1.165, 1.54) is 24.3 Å². The Morgan fingerprint density at radius 3 is 1.21 bits per heavy atom. The fourth-order valence-electron chi connectivity index (χ4n) is 6.03. The number of carbonyl (C=O) groups is 4. The van der Waals surface area contributed by atoms with Gasteiger partial charge in [0.15, 0.2) is 0 Å². The summed E-state index contributed by atoms with van der Waals surface area (Å²) >= 11 is -0.188. The summed E-state index contributed by atoms with van der Waals surface area (Å²) in [7, 11) is 0. The molecule has 12 N–H and O–H groups in total. The number of primary amides is 2. The van der Waals surface area contributed by atoms with Crippen molar-refractivity contribution in [2.45, 2.75) is 72.3 Å². The minimum atomic E-state index is -1.45. The van der Waals surface area contributed by atoms with Crippen LogP contribution in [0.4, 0.5) is 0 Å². The van der Waals surface area contributed by atoms with E-state index >= 15 is 0 Å². The van der Waals surface area contributed by atoms with Gasteiger partial charge in [0.05, 0.1) is 0 Å². The third-order valence-corrected chi connectivity index (χ3v) is 11.2. The second-order valence-electron chi connectivity index (χ2n) is 13.3. The minimum absolute atomic E-state index is 0.0916. The first-order valence-electron chi connectivity index (χ1n) is 17.3. The number of aromatic hydroxyl groups is 2. The van der Waals surface area contributed by atoms with Gasteiger partial charge >= 0.3 is 317 Å². The Hall–Kier alpha value is -5.20. The summed E-state index contributed by atoms with van der Waals surface area (Å²) in [5.74, 6) is -2.30. The van der Waals surface area contributed by atoms with Gasteiger partial charge in [-0.05, 0) is 0 Å². The first kappa shape index (κ1) is 40.6. The molecule has 4 atom stereocenters. The molecule has 0 aliphatic heterocycles. The van der Waals surface area contributed by atoms with Crippen molar-refractivity contribution < 1.29 is 29.4 Å². The van der Waals surface area contributed by atoms with E-state index in [2.05, 4.69) is 10.6 Å². The van der Waals surface area contributed by atoms with Gasteiger partial charge in [-0.2, -0.15) is 0 Å². The molecule has 0 bridgehead atoms. The normalized spacial score (nSPS) is 14.5. The predicted octanol–water partition coefficient (Wildman–Crippen LogP) is 2.02. The van der Waals surface area contributed by atoms with Crippen LogP contribution in [-0.2, 0) is 44.9 Å². The summed E-state index contributed by atoms with van der Waals surface area (Å²) in [5, 5.41) is 26.0. The third-order valence-electron chi connectivity index (χ3n) is 9.17. The van der Waals surface area contributed by atoms with Crippen LogP contribution in [0.5, 0.6) is 11.5 Å². The molecule has 4 rings (SSSR count). The number of amides is 4. The van der Waals surface area contributed by atoms with E-state index in [9.17, 15) is 29.4 Å². The fourth-order valence-corrected chi connectivity index (χ4v) is 8.53. The van der Waals surface area contributed by atoms with Crippen molar-refractivity contribution in [1.29, 1.82) is 0 Å². The Balaban J connectivity index is 1.48. The van der Waals surface area contributed by atoms with Crippen molar-refractivity contribution in [3.8, 4) is 11.5 Å². The summed E-state index contributed by atoms with van der Waals surface area (Å²) in [6.07, 6.45) is 1.06. The van der Waals surface area contributed by atoms with E-state index in [0.29, 0.717) is 10.6 Å². The Bertz CT molecular complexity index is 1680. The fraction of sp³-hybridized carbons (Fsp3) is 0.300. The van der Waals surface area contributed by atoms with Crippen molar-refractivity contribution >= 4 is 38.6 Å². The zero-order valence-electron chi connectivity index (χ0n) is 29.4. The molecule has 0 aromatic heterocycles. The summed E-state index contributed by atoms with van der Waals surface area (Å²) < 4.78 is 0. The van der Waals surface area contributed by atoms with Crippen molar-refractivity contribution in [2.24, 2.45) is 22.9 Å². The number of hydrogen-bond acceptors (Lipinski definition) is 8. The molecule has 0 fully saturated rings. The van der Waals surface area contributed by atoms with E-state index in [0.717, 1.165) is 22.3 Å². The molecule has 53 heavy (non-hydrogen) atoms. The maximum absolute atomic E-state index is 13.5. The quantitative estimate of drug-likeness (QED) is 0.0486. The SMILES string of the molecule is NC(=O)C(CC[Se]CCC(Cc1ccccc1)(NC(=O)C(N)Cc1ccc(O)cc1)C(N)=O)(Cc1ccccc1)NC(=O)C(N)Cc1ccc(O)cc1. The molecule has 0 heterocycles. The van der Waals surface area contributed by atoms with Crippen LogP contribution in [0.2, 0.25) is 10.6 Å². The van der Waals surface area contributed by atoms with Gasteiger partial charge in [-0.1, -0.05) is 0 Å². The molecule has 0 saturated carbocycles. The Morgan fingerprint density at radius 2 is 0.887 bits per heavy atom. The van der Waals surface area contributed by atoms with Crippen LogP contribution in [-0.4, -0.2) is 72.0 Å². The molecule has 4 unspecified atom stereocenters. The van der Waals surface area contributed by atoms with Crippen LogP contribution in [0.25, 0.3) is 0 Å². The Morgan fingerprint density at radius 1 is 0.547 bits per heavy atom. The standard InChI is InChI=1S/C40H48N6O6Se/c41-33(23-27-11-15-31(47)16-12-27)35(49)45-39(37(43)51,25-29-7-3-1-4-8-29)19-21-53-22-20-40(38(44)52,26-30-9-5-2-6-10-30)46-36(50)34(42)24-28-13-17-32(48)18-14-28/h1-18,33-34,47-48H,19-26,41-42H2,(H2,43,51)(H2,44,52)(H,45,49)(H,46,50). The maximum atomic E-state index is 13.5. The van der Waals surface area contributed by atoms with Gasteiger partial charge < -0.3 is 0 Å². The molecule has 280 valence electrons. The zero-order chi connectivity index (χ0) is 38.4. The Kier molecular flexibility index (Phi) is 14.6. The van der Waals surface area contributed by atoms with Crippen LogP contribution in [0, 0.1) is 0 Å². The molecule has 0 spiro atoms. The van der Waals surface area contributed by atoms with Gasteiger partial charge in [-0.3, -0.25) is 0 Å². The van der Waals surface area contributed by atoms with E-state index in [4.69, 9.17) is 22.9 Å². The molecular weight excluding hydrogens is 739 g/mol. The first-order valence-corrected chi connectivity index (χ1v) is 19.7. The molecule has 13 heteroatoms. The van der Waals surface area contributed by atoms with Crippen molar-refractivity contribution in [2.75, 3.05) is 0 Å². The van der Waals surface area contributed by atoms with Crippen LogP contribution in [0.15, 0.2) is 109 Å². The summed E-state index contributed by atoms with van der Waals surface area (Å²) in [5.41, 5.74) is 24.9. The molecule has 0 aliphatic carbocycles. The van der Waals surface area contributed by atoms with Crippen molar-refractivity contribution in [3.05, 3.63) is 131 Å². The predicted molar refractivity (Wildman–Crippen MR) is 205 cm³/mol. The summed E-state index contributed by atoms with van der Waals surface area (Å²) in [6, 6.07) is 29.2. The topological polar surface area (TPSA) is 237 Å². The number of nitrogens with two attached hydrogens (primary N) is 4. The monoisotopic (exact) mass is 788 g/mol. The van der Waals surface area contributed by atoms with E-state index in [1.807, 2.05) is 60.7 Å². The molecule has 4 aromatic rings. The van der Waals surface area contributed by atoms with Crippen LogP contribution in [0.1, 0.15) is 35.1 Å². The average molecular weight is 788 g/mol. The van der Waals surface area contributed by atoms with Crippen LogP contribution >= 0.6 is 0 Å². The molecule has 0 saturated heterocycles. The van der Waals surface area contributed by atoms with Crippen molar-refractivity contribution in [1.82, 2.24) is 10.6 Å². The number of nitrogens with one attached hydrogen (secondary N) is 2. The van der Waals surface area contributed by atoms with Crippen molar-refractivity contribution in [3.63, 3.8) is 0 Å². The van der Waals surface area contributed by atoms with Gasteiger partial charge in [-0.25, -0.2) is 0 Å². The Labute approximate surface area is 315 Å². The zero-order valence-corrected chi connectivity index (χ0v) is 31.2. The number of phenolic OH excluding ortho intramolecular Hbond substituents is 2. The van der Waals surface area contributed by atoms with Gasteiger partial charge in [0.2, 0.25) is 0 Å². The van der Waals surface area contributed by atoms with Gasteiger partial charge in [-0.15, -0.1) is 0 Å². The summed E-state index contributed by atoms with van der Waals surface area (Å²) in [6.45, 7) is 0. The van der Waals surface area contributed by atoms with Gasteiger partial charge in [0.25, 0.3) is 0 Å². The van der Waals surface area contributed by atoms with E-state index in [-0.39, 0.29) is 65.0 Å². The molecular formula is C40H48N6O6Se. The number of phenols is 2. The van der Waals surface area contributed by atoms with Gasteiger partial charge in [0.1, 0.15) is 0 Å². The molecule has 0 radical (unpaired) electrons. The number of carbonyl (C=O) groups excluding carboxylic acids is 4. The van der Waals surface area contributed by atoms with E-state index in [1.54, 1.807) is 24.3 Å². The van der Waals surface area contributed by atoms with E-state index < -0.39 is 46.8 Å². The second-order valence-corrected chi connectivity index (χ2v) is 15.8. The molecule has 4 aromatic carbocycles. The third kappa shape index (κ3) is 11.9. The average Bonchev–Trinajstić information content (AvgIpc) is 3.13. The van der Waals surface area contributed by atoms with Gasteiger partial charge in [0, 0.05) is 0 Å². The molecule has 0 aliphatic rings. The molecule has 4 amide bonds.